The molecule has 0 bridgehead atoms. The summed E-state index contributed by atoms with van der Waals surface area (Å²) in [6, 6.07) is 24.9. The molecule has 0 radical (unpaired) electrons. The van der Waals surface area contributed by atoms with E-state index in [1.165, 1.54) is 5.56 Å². The van der Waals surface area contributed by atoms with E-state index in [1.807, 2.05) is 41.0 Å². The Bertz CT molecular complexity index is 1340. The maximum Gasteiger partial charge on any atom is 0.0953 e. The van der Waals surface area contributed by atoms with Crippen LogP contribution in [0.1, 0.15) is 23.4 Å². The van der Waals surface area contributed by atoms with E-state index in [9.17, 15) is 10.2 Å². The fourth-order valence-electron chi connectivity index (χ4n) is 4.28. The van der Waals surface area contributed by atoms with Crippen molar-refractivity contribution in [3.8, 4) is 0 Å². The number of aliphatic hydroxyl groups is 2. The van der Waals surface area contributed by atoms with E-state index >= 15 is 0 Å². The van der Waals surface area contributed by atoms with Gasteiger partial charge < -0.3 is 20.1 Å². The Labute approximate surface area is 192 Å². The van der Waals surface area contributed by atoms with Crippen LogP contribution in [0.2, 0.25) is 0 Å². The maximum absolute atomic E-state index is 9.54. The lowest BCUT2D eigenvalue weighted by Crippen LogP contribution is -2.05. The number of anilines is 2. The lowest BCUT2D eigenvalue weighted by molar-refractivity contribution is 0.250. The van der Waals surface area contributed by atoms with Gasteiger partial charge in [0.05, 0.1) is 47.6 Å². The van der Waals surface area contributed by atoms with Gasteiger partial charge in [-0.1, -0.05) is 48.5 Å². The number of nitrogens with one attached hydrogen (secondary N) is 1. The van der Waals surface area contributed by atoms with Crippen molar-refractivity contribution >= 4 is 33.2 Å². The highest BCUT2D eigenvalue weighted by molar-refractivity contribution is 6.08. The van der Waals surface area contributed by atoms with Crippen LogP contribution in [-0.2, 0) is 26.2 Å². The number of aromatic nitrogens is 3. The smallest absolute Gasteiger partial charge is 0.0953 e. The van der Waals surface area contributed by atoms with Crippen LogP contribution in [0.25, 0.3) is 21.8 Å². The monoisotopic (exact) mass is 438 g/mol. The van der Waals surface area contributed by atoms with E-state index in [1.54, 1.807) is 6.33 Å². The minimum atomic E-state index is -0.153. The summed E-state index contributed by atoms with van der Waals surface area (Å²) in [4.78, 5) is 8.96. The third kappa shape index (κ3) is 4.31. The third-order valence-electron chi connectivity index (χ3n) is 6.01. The number of hydrogen-bond acceptors (Lipinski definition) is 5. The predicted octanol–water partition coefficient (Wildman–Crippen LogP) is 4.95. The molecule has 3 N–H and O–H groups in total. The van der Waals surface area contributed by atoms with Crippen LogP contribution in [0.5, 0.6) is 0 Å². The summed E-state index contributed by atoms with van der Waals surface area (Å²) in [6.45, 7) is 0.478. The van der Waals surface area contributed by atoms with Gasteiger partial charge in [-0.2, -0.15) is 0 Å². The standard InChI is InChI=1S/C27H26N4O2/c32-16-25-26(17-33)31(18-28-25)15-5-6-19-11-13-20(14-12-19)29-27-21-7-1-3-9-23(21)30-24-10-4-2-8-22(24)27/h1-4,7-14,18,32-33H,5-6,15-17H2,(H,29,30). The first-order valence-corrected chi connectivity index (χ1v) is 11.1. The molecule has 6 nitrogen and oxygen atoms in total. The first kappa shape index (κ1) is 21.1. The molecule has 0 aliphatic rings. The molecule has 5 rings (SSSR count). The van der Waals surface area contributed by atoms with Crippen LogP contribution in [0.4, 0.5) is 11.4 Å². The number of benzene rings is 3. The van der Waals surface area contributed by atoms with Gasteiger partial charge in [0.15, 0.2) is 0 Å². The molecule has 0 unspecified atom stereocenters. The Hall–Kier alpha value is -3.74. The average molecular weight is 439 g/mol. The number of hydrogen-bond donors (Lipinski definition) is 3. The molecule has 0 atom stereocenters. The maximum atomic E-state index is 9.54. The molecule has 6 heteroatoms. The summed E-state index contributed by atoms with van der Waals surface area (Å²) in [5.74, 6) is 0. The van der Waals surface area contributed by atoms with Gasteiger partial charge in [-0.15, -0.1) is 0 Å². The number of fused-ring (bicyclic) bond motifs is 2. The number of pyridine rings is 1. The van der Waals surface area contributed by atoms with Crippen LogP contribution in [0, 0.1) is 0 Å². The zero-order valence-electron chi connectivity index (χ0n) is 18.3. The molecule has 5 aromatic rings. The topological polar surface area (TPSA) is 83.2 Å². The number of para-hydroxylation sites is 2. The van der Waals surface area contributed by atoms with Gasteiger partial charge >= 0.3 is 0 Å². The molecule has 2 aromatic heterocycles. The lowest BCUT2D eigenvalue weighted by Gasteiger charge is -2.14. The van der Waals surface area contributed by atoms with Crippen molar-refractivity contribution in [3.05, 3.63) is 96.1 Å². The summed E-state index contributed by atoms with van der Waals surface area (Å²) in [7, 11) is 0. The van der Waals surface area contributed by atoms with E-state index < -0.39 is 0 Å². The van der Waals surface area contributed by atoms with Gasteiger partial charge in [0.25, 0.3) is 0 Å². The summed E-state index contributed by atoms with van der Waals surface area (Å²) in [5, 5.41) is 24.7. The molecule has 0 aliphatic heterocycles. The van der Waals surface area contributed by atoms with Gasteiger partial charge in [0.2, 0.25) is 0 Å². The highest BCUT2D eigenvalue weighted by Gasteiger charge is 2.10. The van der Waals surface area contributed by atoms with Gasteiger partial charge in [0.1, 0.15) is 0 Å². The summed E-state index contributed by atoms with van der Waals surface area (Å²) < 4.78 is 1.92. The van der Waals surface area contributed by atoms with Crippen LogP contribution < -0.4 is 5.32 Å². The normalized spacial score (nSPS) is 11.3. The van der Waals surface area contributed by atoms with Crippen molar-refractivity contribution in [1.82, 2.24) is 14.5 Å². The molecule has 0 fully saturated rings. The van der Waals surface area contributed by atoms with E-state index in [2.05, 4.69) is 46.7 Å². The SMILES string of the molecule is OCc1ncn(CCCc2ccc(Nc3c4ccccc4nc4ccccc34)cc2)c1CO. The lowest BCUT2D eigenvalue weighted by atomic mass is 10.1. The molecule has 2 heterocycles. The predicted molar refractivity (Wildman–Crippen MR) is 131 cm³/mol. The van der Waals surface area contributed by atoms with Crippen molar-refractivity contribution in [3.63, 3.8) is 0 Å². The molecule has 0 saturated heterocycles. The Morgan fingerprint density at radius 2 is 1.45 bits per heavy atom. The van der Waals surface area contributed by atoms with Crippen molar-refractivity contribution in [1.29, 1.82) is 0 Å². The zero-order chi connectivity index (χ0) is 22.6. The van der Waals surface area contributed by atoms with E-state index in [0.29, 0.717) is 11.4 Å². The second kappa shape index (κ2) is 9.40. The number of aryl methyl sites for hydroxylation is 2. The van der Waals surface area contributed by atoms with Crippen LogP contribution in [0.15, 0.2) is 79.1 Å². The second-order valence-corrected chi connectivity index (χ2v) is 8.09. The minimum Gasteiger partial charge on any atom is -0.390 e. The quantitative estimate of drug-likeness (QED) is 0.299. The Kier molecular flexibility index (Phi) is 6.02. The first-order valence-electron chi connectivity index (χ1n) is 11.1. The summed E-state index contributed by atoms with van der Waals surface area (Å²) in [6.07, 6.45) is 3.52. The molecular weight excluding hydrogens is 412 g/mol. The largest absolute Gasteiger partial charge is 0.390 e. The zero-order valence-corrected chi connectivity index (χ0v) is 18.3. The molecule has 0 spiro atoms. The molecule has 0 aliphatic carbocycles. The number of aliphatic hydroxyl groups excluding tert-OH is 2. The van der Waals surface area contributed by atoms with E-state index in [0.717, 1.165) is 52.6 Å². The van der Waals surface area contributed by atoms with Crippen molar-refractivity contribution in [2.75, 3.05) is 5.32 Å². The third-order valence-corrected chi connectivity index (χ3v) is 6.01. The van der Waals surface area contributed by atoms with Crippen LogP contribution >= 0.6 is 0 Å². The molecule has 3 aromatic carbocycles. The highest BCUT2D eigenvalue weighted by Crippen LogP contribution is 2.33. The second-order valence-electron chi connectivity index (χ2n) is 8.09. The summed E-state index contributed by atoms with van der Waals surface area (Å²) >= 11 is 0. The molecular formula is C27H26N4O2. The highest BCUT2D eigenvalue weighted by atomic mass is 16.3. The van der Waals surface area contributed by atoms with Crippen molar-refractivity contribution in [2.24, 2.45) is 0 Å². The molecule has 33 heavy (non-hydrogen) atoms. The molecule has 0 amide bonds. The fourth-order valence-corrected chi connectivity index (χ4v) is 4.28. The van der Waals surface area contributed by atoms with Gasteiger partial charge in [-0.3, -0.25) is 0 Å². The van der Waals surface area contributed by atoms with E-state index in [4.69, 9.17) is 4.98 Å². The number of imidazole rings is 1. The van der Waals surface area contributed by atoms with Gasteiger partial charge in [-0.25, -0.2) is 9.97 Å². The van der Waals surface area contributed by atoms with E-state index in [-0.39, 0.29) is 13.2 Å². The average Bonchev–Trinajstić information content (AvgIpc) is 3.26. The van der Waals surface area contributed by atoms with Crippen LogP contribution in [-0.4, -0.2) is 24.7 Å². The van der Waals surface area contributed by atoms with Gasteiger partial charge in [0, 0.05) is 23.0 Å². The summed E-state index contributed by atoms with van der Waals surface area (Å²) in [5.41, 5.74) is 6.53. The first-order chi connectivity index (χ1) is 16.3. The fraction of sp³-hybridized carbons (Fsp3) is 0.185. The molecule has 166 valence electrons. The Morgan fingerprint density at radius 1 is 0.788 bits per heavy atom. The number of nitrogens with zero attached hydrogens (tertiary/aromatic N) is 3. The van der Waals surface area contributed by atoms with Crippen molar-refractivity contribution < 1.29 is 10.2 Å². The van der Waals surface area contributed by atoms with Crippen molar-refractivity contribution in [2.45, 2.75) is 32.6 Å². The van der Waals surface area contributed by atoms with Crippen LogP contribution in [0.3, 0.4) is 0 Å². The Morgan fingerprint density at radius 3 is 2.09 bits per heavy atom. The molecule has 0 saturated carbocycles. The number of rotatable bonds is 8. The minimum absolute atomic E-state index is 0.116. The Balaban J connectivity index is 1.31. The van der Waals surface area contributed by atoms with Gasteiger partial charge in [-0.05, 0) is 42.7 Å².